The van der Waals surface area contributed by atoms with Gasteiger partial charge in [0.05, 0.1) is 26.2 Å². The van der Waals surface area contributed by atoms with Crippen molar-refractivity contribution in [3.8, 4) is 0 Å². The van der Waals surface area contributed by atoms with Crippen molar-refractivity contribution in [3.63, 3.8) is 0 Å². The van der Waals surface area contributed by atoms with E-state index in [-0.39, 0.29) is 13.0 Å². The van der Waals surface area contributed by atoms with Gasteiger partial charge in [-0.1, -0.05) is 30.3 Å². The fourth-order valence-corrected chi connectivity index (χ4v) is 2.56. The van der Waals surface area contributed by atoms with Gasteiger partial charge in [0.1, 0.15) is 13.1 Å². The van der Waals surface area contributed by atoms with Crippen LogP contribution >= 0.6 is 0 Å². The Hall–Kier alpha value is -1.92. The van der Waals surface area contributed by atoms with Gasteiger partial charge in [-0.15, -0.1) is 0 Å². The highest BCUT2D eigenvalue weighted by molar-refractivity contribution is 5.80. The van der Waals surface area contributed by atoms with E-state index in [9.17, 15) is 14.7 Å². The molecule has 6 heteroatoms. The molecule has 0 amide bonds. The van der Waals surface area contributed by atoms with E-state index in [2.05, 4.69) is 0 Å². The molecular formula is C16H21NO5. The summed E-state index contributed by atoms with van der Waals surface area (Å²) in [7, 11) is 0. The molecule has 1 atom stereocenters. The third-order valence-corrected chi connectivity index (χ3v) is 3.76. The molecule has 1 aromatic rings. The molecule has 0 aliphatic carbocycles. The van der Waals surface area contributed by atoms with Crippen LogP contribution in [0.4, 0.5) is 0 Å². The lowest BCUT2D eigenvalue weighted by atomic mass is 10.1. The van der Waals surface area contributed by atoms with Gasteiger partial charge >= 0.3 is 5.97 Å². The number of nitrogens with one attached hydrogen (secondary N) is 1. The Kier molecular flexibility index (Phi) is 6.36. The third-order valence-electron chi connectivity index (χ3n) is 3.76. The highest BCUT2D eigenvalue weighted by Gasteiger charge is 2.32. The van der Waals surface area contributed by atoms with E-state index in [0.717, 1.165) is 10.5 Å². The molecule has 6 nitrogen and oxygen atoms in total. The molecule has 0 saturated carbocycles. The molecule has 0 aromatic heterocycles. The van der Waals surface area contributed by atoms with Crippen molar-refractivity contribution in [1.82, 2.24) is 0 Å². The summed E-state index contributed by atoms with van der Waals surface area (Å²) in [6.45, 7) is 2.50. The van der Waals surface area contributed by atoms with Gasteiger partial charge in [-0.05, 0) is 5.56 Å². The summed E-state index contributed by atoms with van der Waals surface area (Å²) in [5.41, 5.74) is 1.07. The number of morpholine rings is 1. The monoisotopic (exact) mass is 307 g/mol. The second-order valence-electron chi connectivity index (χ2n) is 5.30. The van der Waals surface area contributed by atoms with Crippen LogP contribution in [0.2, 0.25) is 0 Å². The van der Waals surface area contributed by atoms with Crippen molar-refractivity contribution < 1.29 is 29.1 Å². The second kappa shape index (κ2) is 8.51. The SMILES string of the molecule is O=C([O-])C[C@H](C(=O)OCCc1ccccc1)[NH+]1CCOCC1. The molecular weight excluding hydrogens is 286 g/mol. The maximum absolute atomic E-state index is 12.2. The second-order valence-corrected chi connectivity index (χ2v) is 5.30. The number of carbonyl (C=O) groups excluding carboxylic acids is 2. The Bertz CT molecular complexity index is 485. The van der Waals surface area contributed by atoms with E-state index in [1.165, 1.54) is 0 Å². The summed E-state index contributed by atoms with van der Waals surface area (Å²) < 4.78 is 10.5. The van der Waals surface area contributed by atoms with Crippen molar-refractivity contribution in [2.45, 2.75) is 18.9 Å². The van der Waals surface area contributed by atoms with Gasteiger partial charge in [0.25, 0.3) is 0 Å². The van der Waals surface area contributed by atoms with E-state index >= 15 is 0 Å². The summed E-state index contributed by atoms with van der Waals surface area (Å²) in [5.74, 6) is -1.71. The Morgan fingerprint density at radius 1 is 1.23 bits per heavy atom. The Morgan fingerprint density at radius 2 is 1.91 bits per heavy atom. The van der Waals surface area contributed by atoms with Gasteiger partial charge in [-0.3, -0.25) is 0 Å². The normalized spacial score (nSPS) is 16.9. The van der Waals surface area contributed by atoms with Crippen LogP contribution in [0.5, 0.6) is 0 Å². The molecule has 1 aromatic carbocycles. The fraction of sp³-hybridized carbons (Fsp3) is 0.500. The molecule has 1 heterocycles. The molecule has 0 unspecified atom stereocenters. The van der Waals surface area contributed by atoms with Crippen molar-refractivity contribution in [2.75, 3.05) is 32.9 Å². The predicted octanol–water partition coefficient (Wildman–Crippen LogP) is -1.80. The largest absolute Gasteiger partial charge is 0.550 e. The van der Waals surface area contributed by atoms with Gasteiger partial charge in [0, 0.05) is 12.4 Å². The highest BCUT2D eigenvalue weighted by Crippen LogP contribution is 2.01. The third kappa shape index (κ3) is 5.13. The zero-order chi connectivity index (χ0) is 15.8. The fourth-order valence-electron chi connectivity index (χ4n) is 2.56. The number of benzene rings is 1. The number of carbonyl (C=O) groups is 2. The molecule has 1 aliphatic rings. The van der Waals surface area contributed by atoms with E-state index in [4.69, 9.17) is 9.47 Å². The number of aliphatic carboxylic acids is 1. The van der Waals surface area contributed by atoms with E-state index in [1.807, 2.05) is 30.3 Å². The minimum atomic E-state index is -1.23. The molecule has 1 fully saturated rings. The molecule has 2 rings (SSSR count). The maximum atomic E-state index is 12.2. The van der Waals surface area contributed by atoms with Crippen LogP contribution in [0.1, 0.15) is 12.0 Å². The topological polar surface area (TPSA) is 80.1 Å². The highest BCUT2D eigenvalue weighted by atomic mass is 16.5. The van der Waals surface area contributed by atoms with Crippen LogP contribution in [0.15, 0.2) is 30.3 Å². The van der Waals surface area contributed by atoms with Gasteiger partial charge in [0.15, 0.2) is 6.04 Å². The van der Waals surface area contributed by atoms with E-state index in [1.54, 1.807) is 0 Å². The van der Waals surface area contributed by atoms with Crippen LogP contribution < -0.4 is 10.0 Å². The Balaban J connectivity index is 1.86. The predicted molar refractivity (Wildman–Crippen MR) is 76.0 cm³/mol. The summed E-state index contributed by atoms with van der Waals surface area (Å²) in [6.07, 6.45) is 0.294. The molecule has 1 saturated heterocycles. The van der Waals surface area contributed by atoms with Crippen molar-refractivity contribution in [3.05, 3.63) is 35.9 Å². The van der Waals surface area contributed by atoms with Crippen molar-refractivity contribution in [2.24, 2.45) is 0 Å². The van der Waals surface area contributed by atoms with Crippen LogP contribution in [0.25, 0.3) is 0 Å². The summed E-state index contributed by atoms with van der Waals surface area (Å²) in [5, 5.41) is 10.9. The van der Waals surface area contributed by atoms with Gasteiger partial charge in [-0.25, -0.2) is 4.79 Å². The standard InChI is InChI=1S/C16H21NO5/c18-15(19)12-14(17-7-10-21-11-8-17)16(20)22-9-6-13-4-2-1-3-5-13/h1-5,14H,6-12H2,(H,18,19)/t14-/m1/s1. The number of carboxylic acids is 1. The number of esters is 1. The minimum absolute atomic E-state index is 0.246. The van der Waals surface area contributed by atoms with E-state index < -0.39 is 18.0 Å². The number of hydrogen-bond donors (Lipinski definition) is 1. The quantitative estimate of drug-likeness (QED) is 0.601. The Labute approximate surface area is 129 Å². The average molecular weight is 307 g/mol. The first kappa shape index (κ1) is 16.5. The lowest BCUT2D eigenvalue weighted by molar-refractivity contribution is -0.924. The number of quaternary nitrogens is 1. The van der Waals surface area contributed by atoms with Gasteiger partial charge in [0.2, 0.25) is 0 Å². The Morgan fingerprint density at radius 3 is 2.55 bits per heavy atom. The first-order valence-corrected chi connectivity index (χ1v) is 7.49. The van der Waals surface area contributed by atoms with Crippen molar-refractivity contribution in [1.29, 1.82) is 0 Å². The van der Waals surface area contributed by atoms with Gasteiger partial charge < -0.3 is 24.3 Å². The summed E-state index contributed by atoms with van der Waals surface area (Å²) in [6, 6.07) is 8.97. The molecule has 0 radical (unpaired) electrons. The van der Waals surface area contributed by atoms with E-state index in [0.29, 0.717) is 32.7 Å². The molecule has 120 valence electrons. The number of ether oxygens (including phenoxy) is 2. The number of carboxylic acid groups (broad SMARTS) is 1. The number of hydrogen-bond acceptors (Lipinski definition) is 5. The lowest BCUT2D eigenvalue weighted by Gasteiger charge is -2.30. The van der Waals surface area contributed by atoms with Crippen LogP contribution in [0, 0.1) is 0 Å². The smallest absolute Gasteiger partial charge is 0.365 e. The average Bonchev–Trinajstić information content (AvgIpc) is 2.54. The first-order chi connectivity index (χ1) is 10.7. The molecule has 0 bridgehead atoms. The number of rotatable bonds is 7. The molecule has 1 aliphatic heterocycles. The zero-order valence-electron chi connectivity index (χ0n) is 12.5. The first-order valence-electron chi connectivity index (χ1n) is 7.49. The molecule has 1 N–H and O–H groups in total. The minimum Gasteiger partial charge on any atom is -0.550 e. The van der Waals surface area contributed by atoms with Crippen LogP contribution in [0.3, 0.4) is 0 Å². The summed E-state index contributed by atoms with van der Waals surface area (Å²) >= 11 is 0. The molecule has 0 spiro atoms. The maximum Gasteiger partial charge on any atom is 0.365 e. The lowest BCUT2D eigenvalue weighted by Crippen LogP contribution is -3.18. The van der Waals surface area contributed by atoms with Crippen LogP contribution in [-0.2, 0) is 25.5 Å². The van der Waals surface area contributed by atoms with Crippen LogP contribution in [-0.4, -0.2) is 50.9 Å². The zero-order valence-corrected chi connectivity index (χ0v) is 12.5. The van der Waals surface area contributed by atoms with Crippen molar-refractivity contribution >= 4 is 11.9 Å². The summed E-state index contributed by atoms with van der Waals surface area (Å²) in [4.78, 5) is 24.0. The van der Waals surface area contributed by atoms with Gasteiger partial charge in [-0.2, -0.15) is 0 Å². The molecule has 22 heavy (non-hydrogen) atoms.